The molecule has 0 aliphatic heterocycles. The highest BCUT2D eigenvalue weighted by atomic mass is 16.5. The van der Waals surface area contributed by atoms with E-state index < -0.39 is 0 Å². The molecule has 0 saturated heterocycles. The molecule has 1 saturated carbocycles. The quantitative estimate of drug-likeness (QED) is 0.815. The Bertz CT molecular complexity index is 308. The number of amides is 1. The maximum Gasteiger partial charge on any atom is 0.248 e. The molecular formula is C16H32N2O2. The van der Waals surface area contributed by atoms with Crippen molar-refractivity contribution >= 4 is 5.91 Å². The first-order valence-corrected chi connectivity index (χ1v) is 7.91. The summed E-state index contributed by atoms with van der Waals surface area (Å²) in [6.07, 6.45) is 4.27. The van der Waals surface area contributed by atoms with Gasteiger partial charge in [-0.15, -0.1) is 0 Å². The Morgan fingerprint density at radius 2 is 1.85 bits per heavy atom. The van der Waals surface area contributed by atoms with E-state index in [1.807, 2.05) is 20.9 Å². The van der Waals surface area contributed by atoms with E-state index in [-0.39, 0.29) is 24.2 Å². The second-order valence-corrected chi connectivity index (χ2v) is 6.86. The van der Waals surface area contributed by atoms with Crippen molar-refractivity contribution in [2.24, 2.45) is 17.6 Å². The third kappa shape index (κ3) is 4.45. The zero-order chi connectivity index (χ0) is 15.3. The van der Waals surface area contributed by atoms with Crippen molar-refractivity contribution in [2.75, 3.05) is 20.2 Å². The highest BCUT2D eigenvalue weighted by molar-refractivity contribution is 5.77. The van der Waals surface area contributed by atoms with Gasteiger partial charge in [-0.1, -0.05) is 13.8 Å². The molecule has 0 heterocycles. The van der Waals surface area contributed by atoms with Crippen LogP contribution in [0.5, 0.6) is 0 Å². The summed E-state index contributed by atoms with van der Waals surface area (Å²) in [5, 5.41) is 0. The number of carbonyl (C=O) groups is 1. The molecule has 20 heavy (non-hydrogen) atoms. The summed E-state index contributed by atoms with van der Waals surface area (Å²) >= 11 is 0. The predicted octanol–water partition coefficient (Wildman–Crippen LogP) is 2.41. The fourth-order valence-electron chi connectivity index (χ4n) is 2.84. The van der Waals surface area contributed by atoms with Crippen molar-refractivity contribution in [3.8, 4) is 0 Å². The first-order chi connectivity index (χ1) is 9.31. The van der Waals surface area contributed by atoms with Gasteiger partial charge in [-0.25, -0.2) is 0 Å². The van der Waals surface area contributed by atoms with Crippen LogP contribution < -0.4 is 5.73 Å². The highest BCUT2D eigenvalue weighted by Gasteiger charge is 2.36. The second-order valence-electron chi connectivity index (χ2n) is 6.86. The Labute approximate surface area is 124 Å². The summed E-state index contributed by atoms with van der Waals surface area (Å²) in [7, 11) is 1.82. The van der Waals surface area contributed by atoms with Gasteiger partial charge in [0, 0.05) is 19.6 Å². The first kappa shape index (κ1) is 17.4. The summed E-state index contributed by atoms with van der Waals surface area (Å²) in [5.41, 5.74) is 5.65. The molecule has 0 radical (unpaired) electrons. The van der Waals surface area contributed by atoms with Gasteiger partial charge < -0.3 is 15.4 Å². The lowest BCUT2D eigenvalue weighted by Gasteiger charge is -2.40. The number of hydrogen-bond donors (Lipinski definition) is 1. The molecule has 0 aromatic rings. The molecule has 1 aliphatic carbocycles. The van der Waals surface area contributed by atoms with E-state index in [0.29, 0.717) is 6.54 Å². The average molecular weight is 284 g/mol. The van der Waals surface area contributed by atoms with Crippen molar-refractivity contribution < 1.29 is 9.53 Å². The maximum atomic E-state index is 12.0. The lowest BCUT2D eigenvalue weighted by atomic mass is 9.74. The summed E-state index contributed by atoms with van der Waals surface area (Å²) in [4.78, 5) is 13.7. The van der Waals surface area contributed by atoms with Crippen LogP contribution in [-0.2, 0) is 9.53 Å². The molecule has 118 valence electrons. The van der Waals surface area contributed by atoms with E-state index in [9.17, 15) is 4.79 Å². The standard InChI is InChI=1S/C16H32N2O2/c1-12(2)14-6-8-16(11-17,9-7-14)20-10-15(19)18(5)13(3)4/h12-14H,6-11,17H2,1-5H3. The molecule has 0 atom stereocenters. The Morgan fingerprint density at radius 3 is 2.25 bits per heavy atom. The number of hydrogen-bond acceptors (Lipinski definition) is 3. The minimum absolute atomic E-state index is 0.0406. The third-order valence-electron chi connectivity index (χ3n) is 4.93. The van der Waals surface area contributed by atoms with Gasteiger partial charge >= 0.3 is 0 Å². The molecule has 2 N–H and O–H groups in total. The van der Waals surface area contributed by atoms with E-state index in [1.165, 1.54) is 0 Å². The molecule has 1 amide bonds. The zero-order valence-electron chi connectivity index (χ0n) is 13.8. The maximum absolute atomic E-state index is 12.0. The van der Waals surface area contributed by atoms with Crippen molar-refractivity contribution in [1.82, 2.24) is 4.90 Å². The SMILES string of the molecule is CC(C)C1CCC(CN)(OCC(=O)N(C)C(C)C)CC1. The molecule has 0 unspecified atom stereocenters. The van der Waals surface area contributed by atoms with Gasteiger partial charge in [0.15, 0.2) is 0 Å². The van der Waals surface area contributed by atoms with Crippen LogP contribution in [0.2, 0.25) is 0 Å². The van der Waals surface area contributed by atoms with Crippen molar-refractivity contribution in [2.45, 2.75) is 65.0 Å². The lowest BCUT2D eigenvalue weighted by molar-refractivity contribution is -0.146. The predicted molar refractivity (Wildman–Crippen MR) is 82.4 cm³/mol. The molecule has 1 fully saturated rings. The van der Waals surface area contributed by atoms with E-state index >= 15 is 0 Å². The summed E-state index contributed by atoms with van der Waals surface area (Å²) < 4.78 is 5.96. The van der Waals surface area contributed by atoms with Crippen LogP contribution >= 0.6 is 0 Å². The van der Waals surface area contributed by atoms with Gasteiger partial charge in [0.2, 0.25) is 5.91 Å². The summed E-state index contributed by atoms with van der Waals surface area (Å²) in [6.45, 7) is 9.23. The van der Waals surface area contributed by atoms with Crippen LogP contribution in [0.4, 0.5) is 0 Å². The molecule has 0 bridgehead atoms. The van der Waals surface area contributed by atoms with E-state index in [4.69, 9.17) is 10.5 Å². The van der Waals surface area contributed by atoms with Gasteiger partial charge in [0.25, 0.3) is 0 Å². The number of nitrogens with two attached hydrogens (primary N) is 1. The first-order valence-electron chi connectivity index (χ1n) is 7.91. The second kappa shape index (κ2) is 7.41. The summed E-state index contributed by atoms with van der Waals surface area (Å²) in [6, 6.07) is 0.205. The zero-order valence-corrected chi connectivity index (χ0v) is 13.8. The van der Waals surface area contributed by atoms with Crippen LogP contribution in [0, 0.1) is 11.8 Å². The molecule has 1 aliphatic rings. The largest absolute Gasteiger partial charge is 0.364 e. The minimum Gasteiger partial charge on any atom is -0.364 e. The van der Waals surface area contributed by atoms with Crippen LogP contribution in [-0.4, -0.2) is 42.6 Å². The van der Waals surface area contributed by atoms with Crippen LogP contribution in [0.3, 0.4) is 0 Å². The number of nitrogens with zero attached hydrogens (tertiary/aromatic N) is 1. The fraction of sp³-hybridized carbons (Fsp3) is 0.938. The fourth-order valence-corrected chi connectivity index (χ4v) is 2.84. The third-order valence-corrected chi connectivity index (χ3v) is 4.93. The molecule has 0 aromatic carbocycles. The highest BCUT2D eigenvalue weighted by Crippen LogP contribution is 2.37. The Hall–Kier alpha value is -0.610. The van der Waals surface area contributed by atoms with Gasteiger partial charge in [0.1, 0.15) is 6.61 Å². The van der Waals surface area contributed by atoms with Gasteiger partial charge in [-0.2, -0.15) is 0 Å². The van der Waals surface area contributed by atoms with E-state index in [0.717, 1.165) is 37.5 Å². The smallest absolute Gasteiger partial charge is 0.248 e. The van der Waals surface area contributed by atoms with Crippen molar-refractivity contribution in [3.05, 3.63) is 0 Å². The minimum atomic E-state index is -0.279. The Morgan fingerprint density at radius 1 is 1.30 bits per heavy atom. The van der Waals surface area contributed by atoms with Crippen LogP contribution in [0.15, 0.2) is 0 Å². The number of rotatable bonds is 6. The Kier molecular flexibility index (Phi) is 6.46. The van der Waals surface area contributed by atoms with Crippen molar-refractivity contribution in [3.63, 3.8) is 0 Å². The monoisotopic (exact) mass is 284 g/mol. The van der Waals surface area contributed by atoms with E-state index in [1.54, 1.807) is 4.90 Å². The van der Waals surface area contributed by atoms with Crippen LogP contribution in [0.25, 0.3) is 0 Å². The molecule has 0 spiro atoms. The Balaban J connectivity index is 2.50. The lowest BCUT2D eigenvalue weighted by Crippen LogP contribution is -2.47. The topological polar surface area (TPSA) is 55.6 Å². The molecule has 4 heteroatoms. The molecule has 0 aromatic heterocycles. The number of likely N-dealkylation sites (N-methyl/N-ethyl adjacent to an activating group) is 1. The van der Waals surface area contributed by atoms with Crippen LogP contribution in [0.1, 0.15) is 53.4 Å². The van der Waals surface area contributed by atoms with E-state index in [2.05, 4.69) is 13.8 Å². The summed E-state index contributed by atoms with van der Waals surface area (Å²) in [5.74, 6) is 1.53. The van der Waals surface area contributed by atoms with Gasteiger partial charge in [-0.05, 0) is 51.4 Å². The van der Waals surface area contributed by atoms with Gasteiger partial charge in [0.05, 0.1) is 5.60 Å². The molecular weight excluding hydrogens is 252 g/mol. The van der Waals surface area contributed by atoms with Crippen molar-refractivity contribution in [1.29, 1.82) is 0 Å². The normalized spacial score (nSPS) is 27.1. The number of carbonyl (C=O) groups excluding carboxylic acids is 1. The number of ether oxygens (including phenoxy) is 1. The van der Waals surface area contributed by atoms with Gasteiger partial charge in [-0.3, -0.25) is 4.79 Å². The average Bonchev–Trinajstić information content (AvgIpc) is 2.44. The molecule has 1 rings (SSSR count). The molecule has 4 nitrogen and oxygen atoms in total.